The van der Waals surface area contributed by atoms with Crippen molar-refractivity contribution in [2.75, 3.05) is 13.2 Å². The molecule has 0 unspecified atom stereocenters. The maximum Gasteiger partial charge on any atom is 0.369 e. The first-order valence-corrected chi connectivity index (χ1v) is 2.32. The lowest BCUT2D eigenvalue weighted by atomic mass is 10.4. The summed E-state index contributed by atoms with van der Waals surface area (Å²) in [7, 11) is 0. The molecular formula is C3H6AlNO2. The zero-order valence-electron chi connectivity index (χ0n) is 3.89. The van der Waals surface area contributed by atoms with E-state index in [0.717, 1.165) is 0 Å². The Kier molecular flexibility index (Phi) is 4.36. The fourth-order valence-corrected chi connectivity index (χ4v) is 0.338. The van der Waals surface area contributed by atoms with Gasteiger partial charge in [-0.3, -0.25) is 4.79 Å². The minimum absolute atomic E-state index is 0.0639. The summed E-state index contributed by atoms with van der Waals surface area (Å²) in [5.41, 5.74) is 4.92. The van der Waals surface area contributed by atoms with Crippen molar-refractivity contribution in [1.29, 1.82) is 0 Å². The minimum atomic E-state index is -0.0880. The van der Waals surface area contributed by atoms with E-state index in [0.29, 0.717) is 0 Å². The lowest BCUT2D eigenvalue weighted by Gasteiger charge is -1.92. The molecular weight excluding hydrogens is 109 g/mol. The molecule has 0 aliphatic rings. The van der Waals surface area contributed by atoms with Gasteiger partial charge < -0.3 is 9.52 Å². The molecule has 0 aliphatic carbocycles. The number of hydrogen-bond acceptors (Lipinski definition) is 3. The third-order valence-electron chi connectivity index (χ3n) is 0.472. The highest BCUT2D eigenvalue weighted by molar-refractivity contribution is 5.99. The van der Waals surface area contributed by atoms with Gasteiger partial charge in [-0.15, -0.1) is 0 Å². The van der Waals surface area contributed by atoms with Crippen molar-refractivity contribution in [3.63, 3.8) is 0 Å². The first-order chi connectivity index (χ1) is 3.31. The summed E-state index contributed by atoms with van der Waals surface area (Å²) in [6.45, 7) is 0.162. The van der Waals surface area contributed by atoms with E-state index in [-0.39, 0.29) is 18.9 Å². The molecule has 0 rings (SSSR count). The molecule has 0 fully saturated rings. The molecule has 0 saturated heterocycles. The van der Waals surface area contributed by atoms with Crippen LogP contribution in [0.4, 0.5) is 0 Å². The van der Waals surface area contributed by atoms with Crippen LogP contribution < -0.4 is 5.73 Å². The Labute approximate surface area is 50.6 Å². The predicted octanol–water partition coefficient (Wildman–Crippen LogP) is -1.39. The molecule has 0 spiro atoms. The average molecular weight is 115 g/mol. The minimum Gasteiger partial charge on any atom is -0.511 e. The second-order valence-electron chi connectivity index (χ2n) is 1.05. The van der Waals surface area contributed by atoms with E-state index < -0.39 is 0 Å². The van der Waals surface area contributed by atoms with Crippen LogP contribution in [0.25, 0.3) is 0 Å². The lowest BCUT2D eigenvalue weighted by Crippen LogP contribution is -2.18. The maximum absolute atomic E-state index is 10.1. The van der Waals surface area contributed by atoms with Crippen molar-refractivity contribution in [3.8, 4) is 0 Å². The molecule has 0 aromatic heterocycles. The summed E-state index contributed by atoms with van der Waals surface area (Å²) >= 11 is 1.98. The molecule has 3 nitrogen and oxygen atoms in total. The Bertz CT molecular complexity index is 66.0. The van der Waals surface area contributed by atoms with E-state index in [1.165, 1.54) is 0 Å². The van der Waals surface area contributed by atoms with Gasteiger partial charge >= 0.3 is 16.6 Å². The van der Waals surface area contributed by atoms with Crippen molar-refractivity contribution < 1.29 is 8.58 Å². The molecule has 4 heteroatoms. The number of ketones is 1. The van der Waals surface area contributed by atoms with E-state index in [4.69, 9.17) is 5.73 Å². The number of Topliss-reactive ketones (excluding diaryl/α,β-unsaturated/α-hetero) is 1. The summed E-state index contributed by atoms with van der Waals surface area (Å²) in [6, 6.07) is 0. The highest BCUT2D eigenvalue weighted by Gasteiger charge is 1.91. The first kappa shape index (κ1) is 7.12. The summed E-state index contributed by atoms with van der Waals surface area (Å²) in [5, 5.41) is 0. The smallest absolute Gasteiger partial charge is 0.369 e. The van der Waals surface area contributed by atoms with Gasteiger partial charge in [-0.25, -0.2) is 0 Å². The molecule has 0 aromatic rings. The highest BCUT2D eigenvalue weighted by atomic mass is 27.1. The summed E-state index contributed by atoms with van der Waals surface area (Å²) in [4.78, 5) is 10.1. The van der Waals surface area contributed by atoms with Crippen molar-refractivity contribution in [2.45, 2.75) is 0 Å². The Morgan fingerprint density at radius 2 is 2.43 bits per heavy atom. The topological polar surface area (TPSA) is 52.3 Å². The van der Waals surface area contributed by atoms with Gasteiger partial charge in [0.2, 0.25) is 0 Å². The summed E-state index contributed by atoms with van der Waals surface area (Å²) in [5.74, 6) is -0.0880. The number of hydrogen-bond donors (Lipinski definition) is 1. The van der Waals surface area contributed by atoms with Gasteiger partial charge in [-0.05, 0) is 0 Å². The maximum atomic E-state index is 10.1. The fourth-order valence-electron chi connectivity index (χ4n) is 0.152. The van der Waals surface area contributed by atoms with Gasteiger partial charge in [0.05, 0.1) is 13.2 Å². The SMILES string of the molecule is NCC(=O)C[O][Al]. The number of carbonyl (C=O) groups is 1. The monoisotopic (exact) mass is 115 g/mol. The molecule has 0 aromatic carbocycles. The van der Waals surface area contributed by atoms with E-state index in [1.54, 1.807) is 0 Å². The van der Waals surface area contributed by atoms with Crippen LogP contribution in [0.2, 0.25) is 0 Å². The summed E-state index contributed by atoms with van der Waals surface area (Å²) < 4.78 is 4.38. The number of nitrogens with two attached hydrogens (primary N) is 1. The predicted molar refractivity (Wildman–Crippen MR) is 25.8 cm³/mol. The van der Waals surface area contributed by atoms with Gasteiger partial charge in [0.25, 0.3) is 0 Å². The second kappa shape index (κ2) is 4.29. The number of rotatable bonds is 3. The molecule has 0 heterocycles. The molecule has 0 aliphatic heterocycles. The zero-order chi connectivity index (χ0) is 5.70. The van der Waals surface area contributed by atoms with E-state index in [9.17, 15) is 4.79 Å². The molecule has 38 valence electrons. The summed E-state index contributed by atoms with van der Waals surface area (Å²) in [6.07, 6.45) is 0. The quantitative estimate of drug-likeness (QED) is 0.461. The van der Waals surface area contributed by atoms with Crippen LogP contribution in [0.1, 0.15) is 0 Å². The van der Waals surface area contributed by atoms with Crippen molar-refractivity contribution >= 4 is 22.4 Å². The van der Waals surface area contributed by atoms with Crippen LogP contribution in [0.5, 0.6) is 0 Å². The molecule has 0 amide bonds. The third kappa shape index (κ3) is 3.97. The molecule has 0 atom stereocenters. The average Bonchev–Trinajstić information content (AvgIpc) is 1.68. The van der Waals surface area contributed by atoms with E-state index >= 15 is 0 Å². The van der Waals surface area contributed by atoms with E-state index in [1.807, 2.05) is 16.6 Å². The number of carbonyl (C=O) groups excluding carboxylic acids is 1. The highest BCUT2D eigenvalue weighted by Crippen LogP contribution is 1.65. The van der Waals surface area contributed by atoms with E-state index in [2.05, 4.69) is 3.79 Å². The molecule has 0 saturated carbocycles. The molecule has 0 bridgehead atoms. The van der Waals surface area contributed by atoms with Crippen LogP contribution >= 0.6 is 0 Å². The Hall–Kier alpha value is 0.122. The first-order valence-electron chi connectivity index (χ1n) is 1.84. The van der Waals surface area contributed by atoms with Gasteiger partial charge in [-0.1, -0.05) is 0 Å². The largest absolute Gasteiger partial charge is 0.511 e. The Morgan fingerprint density at radius 3 is 2.57 bits per heavy atom. The van der Waals surface area contributed by atoms with Crippen LogP contribution in [0.15, 0.2) is 0 Å². The molecule has 2 N–H and O–H groups in total. The van der Waals surface area contributed by atoms with Crippen LogP contribution in [-0.4, -0.2) is 35.6 Å². The normalized spacial score (nSPS) is 8.71. The lowest BCUT2D eigenvalue weighted by molar-refractivity contribution is -0.119. The van der Waals surface area contributed by atoms with Crippen molar-refractivity contribution in [1.82, 2.24) is 0 Å². The van der Waals surface area contributed by atoms with Crippen molar-refractivity contribution in [3.05, 3.63) is 0 Å². The van der Waals surface area contributed by atoms with Gasteiger partial charge in [0.1, 0.15) is 0 Å². The van der Waals surface area contributed by atoms with Gasteiger partial charge in [0, 0.05) is 0 Å². The second-order valence-corrected chi connectivity index (χ2v) is 1.39. The molecule has 7 heavy (non-hydrogen) atoms. The van der Waals surface area contributed by atoms with Crippen LogP contribution in [0, 0.1) is 0 Å². The van der Waals surface area contributed by atoms with Crippen LogP contribution in [0.3, 0.4) is 0 Å². The zero-order valence-corrected chi connectivity index (χ0v) is 5.04. The van der Waals surface area contributed by atoms with Gasteiger partial charge in [0.15, 0.2) is 5.78 Å². The van der Waals surface area contributed by atoms with Gasteiger partial charge in [-0.2, -0.15) is 0 Å². The van der Waals surface area contributed by atoms with Crippen LogP contribution in [-0.2, 0) is 8.58 Å². The Morgan fingerprint density at radius 1 is 1.86 bits per heavy atom. The molecule has 2 radical (unpaired) electrons. The fraction of sp³-hybridized carbons (Fsp3) is 0.667. The van der Waals surface area contributed by atoms with Crippen molar-refractivity contribution in [2.24, 2.45) is 5.73 Å². The standard InChI is InChI=1S/C3H6NO2.Al/c4-1-3(6)2-5;/h1-2,4H2;/q-1;+1. The third-order valence-corrected chi connectivity index (χ3v) is 0.639. The Balaban J connectivity index is 3.00.